The summed E-state index contributed by atoms with van der Waals surface area (Å²) in [5, 5.41) is 13.6. The maximum absolute atomic E-state index is 10.1. The number of anilines is 2. The molecule has 0 spiro atoms. The van der Waals surface area contributed by atoms with Gasteiger partial charge in [0.25, 0.3) is 0 Å². The van der Waals surface area contributed by atoms with Gasteiger partial charge in [-0.15, -0.1) is 0 Å². The van der Waals surface area contributed by atoms with Crippen LogP contribution in [-0.4, -0.2) is 39.8 Å². The Morgan fingerprint density at radius 1 is 0.968 bits per heavy atom. The van der Waals surface area contributed by atoms with E-state index in [0.29, 0.717) is 0 Å². The highest BCUT2D eigenvalue weighted by atomic mass is 16.5. The molecule has 0 unspecified atom stereocenters. The molecule has 0 aliphatic carbocycles. The number of nitrogens with one attached hydrogen (secondary N) is 1. The molecule has 7 heteroatoms. The average Bonchev–Trinajstić information content (AvgIpc) is 2.79. The Kier molecular flexibility index (Phi) is 5.89. The third kappa shape index (κ3) is 4.84. The molecule has 0 saturated carbocycles. The van der Waals surface area contributed by atoms with Crippen molar-refractivity contribution in [2.24, 2.45) is 0 Å². The number of hydrogen-bond donors (Lipinski definition) is 3. The van der Waals surface area contributed by atoms with E-state index in [1.165, 1.54) is 5.56 Å². The molecule has 3 heterocycles. The van der Waals surface area contributed by atoms with Crippen LogP contribution in [0, 0.1) is 0 Å². The minimum atomic E-state index is -0.898. The first-order chi connectivity index (χ1) is 14.9. The molecule has 4 N–H and O–H groups in total. The van der Waals surface area contributed by atoms with Gasteiger partial charge in [0.1, 0.15) is 5.82 Å². The molecule has 1 aromatic carbocycles. The molecule has 0 atom stereocenters. The summed E-state index contributed by atoms with van der Waals surface area (Å²) in [5.41, 5.74) is 8.73. The van der Waals surface area contributed by atoms with E-state index in [4.69, 9.17) is 10.5 Å². The third-order valence-corrected chi connectivity index (χ3v) is 6.03. The van der Waals surface area contributed by atoms with Crippen molar-refractivity contribution in [3.8, 4) is 11.1 Å². The zero-order valence-electron chi connectivity index (χ0n) is 18.0. The maximum Gasteiger partial charge on any atom is 0.219 e. The van der Waals surface area contributed by atoms with E-state index < -0.39 is 5.60 Å². The van der Waals surface area contributed by atoms with E-state index in [2.05, 4.69) is 44.5 Å². The molecule has 3 aromatic rings. The second kappa shape index (κ2) is 8.61. The molecule has 4 rings (SSSR count). The first-order valence-electron chi connectivity index (χ1n) is 10.5. The Labute approximate surface area is 182 Å². The quantitative estimate of drug-likeness (QED) is 0.561. The van der Waals surface area contributed by atoms with Crippen LogP contribution in [0.15, 0.2) is 55.0 Å². The van der Waals surface area contributed by atoms with Gasteiger partial charge >= 0.3 is 0 Å². The van der Waals surface area contributed by atoms with Gasteiger partial charge in [-0.2, -0.15) is 0 Å². The SMILES string of the molecule is CC(C)(O)c1ccc(NCC2(c3ccc(-c4cnc(N)nc4)cc3)CCOCC2)nc1. The van der Waals surface area contributed by atoms with Crippen molar-refractivity contribution in [2.45, 2.75) is 37.7 Å². The molecular formula is C24H29N5O2. The monoisotopic (exact) mass is 419 g/mol. The summed E-state index contributed by atoms with van der Waals surface area (Å²) in [7, 11) is 0. The Hall–Kier alpha value is -3.03. The van der Waals surface area contributed by atoms with Crippen molar-refractivity contribution in [2.75, 3.05) is 30.8 Å². The molecule has 2 aromatic heterocycles. The van der Waals surface area contributed by atoms with Crippen LogP contribution in [0.2, 0.25) is 0 Å². The normalized spacial score (nSPS) is 16.1. The Bertz CT molecular complexity index is 990. The number of nitrogen functional groups attached to an aromatic ring is 1. The zero-order chi connectivity index (χ0) is 21.9. The average molecular weight is 420 g/mol. The van der Waals surface area contributed by atoms with Crippen LogP contribution in [0.3, 0.4) is 0 Å². The Morgan fingerprint density at radius 3 is 2.23 bits per heavy atom. The second-order valence-electron chi connectivity index (χ2n) is 8.64. The molecule has 0 amide bonds. The van der Waals surface area contributed by atoms with E-state index in [1.54, 1.807) is 32.4 Å². The molecule has 7 nitrogen and oxygen atoms in total. The lowest BCUT2D eigenvalue weighted by Gasteiger charge is -2.38. The van der Waals surface area contributed by atoms with Gasteiger partial charge in [-0.05, 0) is 43.9 Å². The molecule has 162 valence electrons. The zero-order valence-corrected chi connectivity index (χ0v) is 18.0. The Morgan fingerprint density at radius 2 is 1.65 bits per heavy atom. The van der Waals surface area contributed by atoms with Crippen molar-refractivity contribution in [3.63, 3.8) is 0 Å². The van der Waals surface area contributed by atoms with E-state index in [9.17, 15) is 5.11 Å². The summed E-state index contributed by atoms with van der Waals surface area (Å²) in [5.74, 6) is 1.08. The molecule has 1 saturated heterocycles. The topological polar surface area (TPSA) is 106 Å². The van der Waals surface area contributed by atoms with Gasteiger partial charge in [0, 0.05) is 54.9 Å². The van der Waals surface area contributed by atoms with Crippen molar-refractivity contribution in [1.82, 2.24) is 15.0 Å². The largest absolute Gasteiger partial charge is 0.386 e. The van der Waals surface area contributed by atoms with E-state index in [-0.39, 0.29) is 11.4 Å². The minimum absolute atomic E-state index is 0.0367. The van der Waals surface area contributed by atoms with Crippen molar-refractivity contribution in [1.29, 1.82) is 0 Å². The van der Waals surface area contributed by atoms with Crippen LogP contribution in [0.1, 0.15) is 37.8 Å². The van der Waals surface area contributed by atoms with Gasteiger partial charge in [-0.1, -0.05) is 30.3 Å². The fraction of sp³-hybridized carbons (Fsp3) is 0.375. The molecule has 0 radical (unpaired) electrons. The van der Waals surface area contributed by atoms with Crippen LogP contribution >= 0.6 is 0 Å². The number of aliphatic hydroxyl groups is 1. The highest BCUT2D eigenvalue weighted by molar-refractivity contribution is 5.62. The maximum atomic E-state index is 10.1. The molecule has 1 fully saturated rings. The minimum Gasteiger partial charge on any atom is -0.386 e. The van der Waals surface area contributed by atoms with Gasteiger partial charge in [0.2, 0.25) is 5.95 Å². The van der Waals surface area contributed by atoms with Gasteiger partial charge in [0.15, 0.2) is 0 Å². The predicted molar refractivity (Wildman–Crippen MR) is 122 cm³/mol. The lowest BCUT2D eigenvalue weighted by atomic mass is 9.74. The summed E-state index contributed by atoms with van der Waals surface area (Å²) in [6, 6.07) is 12.4. The number of benzene rings is 1. The van der Waals surface area contributed by atoms with Crippen LogP contribution in [0.4, 0.5) is 11.8 Å². The number of nitrogens with zero attached hydrogens (tertiary/aromatic N) is 3. The third-order valence-electron chi connectivity index (χ3n) is 6.03. The van der Waals surface area contributed by atoms with Crippen LogP contribution < -0.4 is 11.1 Å². The van der Waals surface area contributed by atoms with Crippen molar-refractivity contribution >= 4 is 11.8 Å². The molecule has 1 aliphatic rings. The van der Waals surface area contributed by atoms with Gasteiger partial charge < -0.3 is 20.9 Å². The summed E-state index contributed by atoms with van der Waals surface area (Å²) in [6.07, 6.45) is 7.08. The number of ether oxygens (including phenoxy) is 1. The van der Waals surface area contributed by atoms with Crippen molar-refractivity contribution in [3.05, 3.63) is 66.1 Å². The first kappa shape index (κ1) is 21.2. The number of rotatable bonds is 6. The van der Waals surface area contributed by atoms with E-state index >= 15 is 0 Å². The van der Waals surface area contributed by atoms with Gasteiger partial charge in [0.05, 0.1) is 5.60 Å². The lowest BCUT2D eigenvalue weighted by Crippen LogP contribution is -2.40. The molecule has 1 aliphatic heterocycles. The number of hydrogen-bond acceptors (Lipinski definition) is 7. The molecule has 0 bridgehead atoms. The number of nitrogens with two attached hydrogens (primary N) is 1. The predicted octanol–water partition coefficient (Wildman–Crippen LogP) is 3.51. The highest BCUT2D eigenvalue weighted by Crippen LogP contribution is 2.36. The highest BCUT2D eigenvalue weighted by Gasteiger charge is 2.34. The van der Waals surface area contributed by atoms with E-state index in [1.807, 2.05) is 12.1 Å². The summed E-state index contributed by atoms with van der Waals surface area (Å²) in [4.78, 5) is 12.7. The summed E-state index contributed by atoms with van der Waals surface area (Å²) >= 11 is 0. The summed E-state index contributed by atoms with van der Waals surface area (Å²) < 4.78 is 5.66. The van der Waals surface area contributed by atoms with Crippen molar-refractivity contribution < 1.29 is 9.84 Å². The van der Waals surface area contributed by atoms with Crippen LogP contribution in [0.25, 0.3) is 11.1 Å². The summed E-state index contributed by atoms with van der Waals surface area (Å²) in [6.45, 7) is 5.75. The molecule has 31 heavy (non-hydrogen) atoms. The standard InChI is InChI=1S/C24H29N5O2/c1-23(2,30)20-7-8-21(26-15-20)29-16-24(9-11-31-12-10-24)19-5-3-17(4-6-19)18-13-27-22(25)28-14-18/h3-8,13-15,30H,9-12,16H2,1-2H3,(H,26,29)(H2,25,27,28). The van der Waals surface area contributed by atoms with Crippen LogP contribution in [0.5, 0.6) is 0 Å². The number of pyridine rings is 1. The smallest absolute Gasteiger partial charge is 0.219 e. The fourth-order valence-electron chi connectivity index (χ4n) is 3.95. The van der Waals surface area contributed by atoms with Gasteiger partial charge in [-0.3, -0.25) is 0 Å². The lowest BCUT2D eigenvalue weighted by molar-refractivity contribution is 0.0543. The fourth-order valence-corrected chi connectivity index (χ4v) is 3.95. The first-order valence-corrected chi connectivity index (χ1v) is 10.5. The molecular weight excluding hydrogens is 390 g/mol. The second-order valence-corrected chi connectivity index (χ2v) is 8.64. The van der Waals surface area contributed by atoms with Gasteiger partial charge in [-0.25, -0.2) is 15.0 Å². The number of aromatic nitrogens is 3. The Balaban J connectivity index is 1.53. The van der Waals surface area contributed by atoms with E-state index in [0.717, 1.165) is 55.1 Å². The van der Waals surface area contributed by atoms with Crippen LogP contribution in [-0.2, 0) is 15.8 Å².